The van der Waals surface area contributed by atoms with Crippen LogP contribution in [-0.2, 0) is 16.4 Å². The molecule has 1 aromatic heterocycles. The van der Waals surface area contributed by atoms with E-state index in [1.165, 1.54) is 4.31 Å². The standard InChI is InChI=1S/C12H19N3O2S2/c1-2-8-15(10-12(13)18)19(16,17)9-5-11-3-6-14-7-4-11/h3-4,6-7H,2,5,8-10H2,1H3,(H2,13,18). The summed E-state index contributed by atoms with van der Waals surface area (Å²) in [6.45, 7) is 2.48. The zero-order chi connectivity index (χ0) is 14.3. The molecule has 0 bridgehead atoms. The van der Waals surface area contributed by atoms with Gasteiger partial charge < -0.3 is 5.73 Å². The van der Waals surface area contributed by atoms with Gasteiger partial charge in [-0.05, 0) is 30.5 Å². The molecule has 0 atom stereocenters. The smallest absolute Gasteiger partial charge is 0.214 e. The lowest BCUT2D eigenvalue weighted by atomic mass is 10.2. The van der Waals surface area contributed by atoms with Crippen molar-refractivity contribution in [1.29, 1.82) is 0 Å². The van der Waals surface area contributed by atoms with E-state index in [1.807, 2.05) is 19.1 Å². The topological polar surface area (TPSA) is 76.3 Å². The van der Waals surface area contributed by atoms with Crippen LogP contribution in [0.2, 0.25) is 0 Å². The van der Waals surface area contributed by atoms with Crippen LogP contribution in [0.1, 0.15) is 18.9 Å². The Morgan fingerprint density at radius 2 is 2.05 bits per heavy atom. The van der Waals surface area contributed by atoms with Gasteiger partial charge in [-0.1, -0.05) is 19.1 Å². The molecular weight excluding hydrogens is 282 g/mol. The maximum Gasteiger partial charge on any atom is 0.214 e. The Labute approximate surface area is 119 Å². The van der Waals surface area contributed by atoms with Gasteiger partial charge in [0, 0.05) is 18.9 Å². The van der Waals surface area contributed by atoms with E-state index < -0.39 is 10.0 Å². The summed E-state index contributed by atoms with van der Waals surface area (Å²) in [7, 11) is -3.33. The highest BCUT2D eigenvalue weighted by Gasteiger charge is 2.21. The molecule has 1 aromatic rings. The molecule has 19 heavy (non-hydrogen) atoms. The molecule has 0 aliphatic heterocycles. The lowest BCUT2D eigenvalue weighted by Gasteiger charge is -2.20. The molecule has 1 heterocycles. The van der Waals surface area contributed by atoms with Crippen molar-refractivity contribution in [2.24, 2.45) is 5.73 Å². The van der Waals surface area contributed by atoms with Crippen molar-refractivity contribution in [2.45, 2.75) is 19.8 Å². The fraction of sp³-hybridized carbons (Fsp3) is 0.500. The third kappa shape index (κ3) is 5.63. The van der Waals surface area contributed by atoms with Crippen molar-refractivity contribution in [1.82, 2.24) is 9.29 Å². The maximum absolute atomic E-state index is 12.2. The summed E-state index contributed by atoms with van der Waals surface area (Å²) in [6.07, 6.45) is 4.50. The van der Waals surface area contributed by atoms with Gasteiger partial charge in [0.25, 0.3) is 0 Å². The number of rotatable bonds is 8. The largest absolute Gasteiger partial charge is 0.392 e. The Balaban J connectivity index is 2.69. The zero-order valence-electron chi connectivity index (χ0n) is 10.9. The van der Waals surface area contributed by atoms with E-state index in [9.17, 15) is 8.42 Å². The van der Waals surface area contributed by atoms with Crippen molar-refractivity contribution < 1.29 is 8.42 Å². The van der Waals surface area contributed by atoms with Crippen molar-refractivity contribution >= 4 is 27.2 Å². The SMILES string of the molecule is CCCN(CC(N)=S)S(=O)(=O)CCc1ccncc1. The van der Waals surface area contributed by atoms with Crippen LogP contribution in [0, 0.1) is 0 Å². The van der Waals surface area contributed by atoms with Crippen LogP contribution < -0.4 is 5.73 Å². The van der Waals surface area contributed by atoms with Crippen LogP contribution in [0.15, 0.2) is 24.5 Å². The van der Waals surface area contributed by atoms with Crippen molar-refractivity contribution in [2.75, 3.05) is 18.8 Å². The fourth-order valence-corrected chi connectivity index (χ4v) is 3.45. The number of aryl methyl sites for hydroxylation is 1. The second kappa shape index (κ2) is 7.52. The molecule has 0 saturated carbocycles. The molecule has 0 unspecified atom stereocenters. The molecular formula is C12H19N3O2S2. The van der Waals surface area contributed by atoms with E-state index in [0.717, 1.165) is 12.0 Å². The monoisotopic (exact) mass is 301 g/mol. The van der Waals surface area contributed by atoms with Gasteiger partial charge in [-0.2, -0.15) is 4.31 Å². The highest BCUT2D eigenvalue weighted by molar-refractivity contribution is 7.89. The Hall–Kier alpha value is -1.05. The van der Waals surface area contributed by atoms with Gasteiger partial charge >= 0.3 is 0 Å². The van der Waals surface area contributed by atoms with Gasteiger partial charge in [-0.25, -0.2) is 8.42 Å². The fourth-order valence-electron chi connectivity index (χ4n) is 1.67. The molecule has 2 N–H and O–H groups in total. The van der Waals surface area contributed by atoms with Crippen molar-refractivity contribution in [3.05, 3.63) is 30.1 Å². The maximum atomic E-state index is 12.2. The van der Waals surface area contributed by atoms with Crippen LogP contribution in [0.5, 0.6) is 0 Å². The first-order valence-electron chi connectivity index (χ1n) is 6.10. The number of hydrogen-bond donors (Lipinski definition) is 1. The number of aromatic nitrogens is 1. The highest BCUT2D eigenvalue weighted by atomic mass is 32.2. The summed E-state index contributed by atoms with van der Waals surface area (Å²) in [5, 5.41) is 0. The van der Waals surface area contributed by atoms with Crippen LogP contribution in [0.25, 0.3) is 0 Å². The average Bonchev–Trinajstić information content (AvgIpc) is 2.37. The predicted molar refractivity (Wildman–Crippen MR) is 80.4 cm³/mol. The second-order valence-corrected chi connectivity index (χ2v) is 6.83. The molecule has 106 valence electrons. The summed E-state index contributed by atoms with van der Waals surface area (Å²) < 4.78 is 25.8. The Bertz CT molecular complexity index is 503. The number of thiocarbonyl (C=S) groups is 1. The van der Waals surface area contributed by atoms with E-state index >= 15 is 0 Å². The lowest BCUT2D eigenvalue weighted by molar-refractivity contribution is 0.449. The molecule has 0 aromatic carbocycles. The molecule has 7 heteroatoms. The number of nitrogens with zero attached hydrogens (tertiary/aromatic N) is 2. The quantitative estimate of drug-likeness (QED) is 0.724. The molecule has 0 radical (unpaired) electrons. The van der Waals surface area contributed by atoms with E-state index in [0.29, 0.717) is 13.0 Å². The first kappa shape index (κ1) is 16.0. The minimum Gasteiger partial charge on any atom is -0.392 e. The van der Waals surface area contributed by atoms with Crippen LogP contribution in [-0.4, -0.2) is 41.5 Å². The first-order valence-corrected chi connectivity index (χ1v) is 8.12. The molecule has 0 fully saturated rings. The number of hydrogen-bond acceptors (Lipinski definition) is 4. The normalized spacial score (nSPS) is 11.7. The third-order valence-corrected chi connectivity index (χ3v) is 4.54. The van der Waals surface area contributed by atoms with Gasteiger partial charge in [0.2, 0.25) is 10.0 Å². The Morgan fingerprint density at radius 3 is 2.58 bits per heavy atom. The van der Waals surface area contributed by atoms with Crippen LogP contribution >= 0.6 is 12.2 Å². The van der Waals surface area contributed by atoms with Gasteiger partial charge in [-0.15, -0.1) is 0 Å². The average molecular weight is 301 g/mol. The van der Waals surface area contributed by atoms with Gasteiger partial charge in [0.15, 0.2) is 0 Å². The van der Waals surface area contributed by atoms with Crippen molar-refractivity contribution in [3.63, 3.8) is 0 Å². The summed E-state index contributed by atoms with van der Waals surface area (Å²) in [6, 6.07) is 3.63. The molecule has 0 aliphatic rings. The lowest BCUT2D eigenvalue weighted by Crippen LogP contribution is -2.39. The molecule has 0 spiro atoms. The number of pyridine rings is 1. The van der Waals surface area contributed by atoms with Crippen LogP contribution in [0.4, 0.5) is 0 Å². The van der Waals surface area contributed by atoms with Gasteiger partial charge in [0.05, 0.1) is 17.3 Å². The van der Waals surface area contributed by atoms with E-state index in [2.05, 4.69) is 4.98 Å². The number of sulfonamides is 1. The van der Waals surface area contributed by atoms with E-state index in [-0.39, 0.29) is 17.3 Å². The van der Waals surface area contributed by atoms with Gasteiger partial charge in [-0.3, -0.25) is 4.98 Å². The second-order valence-electron chi connectivity index (χ2n) is 4.22. The first-order chi connectivity index (χ1) is 8.95. The van der Waals surface area contributed by atoms with Gasteiger partial charge in [0.1, 0.15) is 0 Å². The predicted octanol–water partition coefficient (Wildman–Crippen LogP) is 0.952. The van der Waals surface area contributed by atoms with E-state index in [4.69, 9.17) is 18.0 Å². The van der Waals surface area contributed by atoms with E-state index in [1.54, 1.807) is 12.4 Å². The molecule has 0 saturated heterocycles. The number of nitrogens with two attached hydrogens (primary N) is 1. The zero-order valence-corrected chi connectivity index (χ0v) is 12.6. The summed E-state index contributed by atoms with van der Waals surface area (Å²) >= 11 is 4.80. The highest BCUT2D eigenvalue weighted by Crippen LogP contribution is 2.07. The minimum atomic E-state index is -3.33. The minimum absolute atomic E-state index is 0.0552. The van der Waals surface area contributed by atoms with Crippen molar-refractivity contribution in [3.8, 4) is 0 Å². The summed E-state index contributed by atoms with van der Waals surface area (Å²) in [4.78, 5) is 4.10. The molecule has 0 amide bonds. The Kier molecular flexibility index (Phi) is 6.33. The summed E-state index contributed by atoms with van der Waals surface area (Å²) in [5.41, 5.74) is 6.39. The summed E-state index contributed by atoms with van der Waals surface area (Å²) in [5.74, 6) is 0.0552. The molecule has 1 rings (SSSR count). The third-order valence-electron chi connectivity index (χ3n) is 2.60. The Morgan fingerprint density at radius 1 is 1.42 bits per heavy atom. The molecule has 5 nitrogen and oxygen atoms in total. The molecule has 0 aliphatic carbocycles. The van der Waals surface area contributed by atoms with Crippen LogP contribution in [0.3, 0.4) is 0 Å².